The minimum Gasteiger partial charge on any atom is -0.495 e. The fourth-order valence-corrected chi connectivity index (χ4v) is 3.16. The van der Waals surface area contributed by atoms with E-state index in [4.69, 9.17) is 16.3 Å². The highest BCUT2D eigenvalue weighted by Gasteiger charge is 2.15. The van der Waals surface area contributed by atoms with Gasteiger partial charge >= 0.3 is 6.03 Å². The van der Waals surface area contributed by atoms with Crippen molar-refractivity contribution in [2.75, 3.05) is 19.0 Å². The van der Waals surface area contributed by atoms with E-state index in [0.717, 1.165) is 12.8 Å². The van der Waals surface area contributed by atoms with E-state index in [-0.39, 0.29) is 18.0 Å². The molecule has 1 aromatic carbocycles. The van der Waals surface area contributed by atoms with E-state index >= 15 is 0 Å². The van der Waals surface area contributed by atoms with Crippen molar-refractivity contribution in [2.45, 2.75) is 51.0 Å². The van der Waals surface area contributed by atoms with Crippen LogP contribution in [0.25, 0.3) is 0 Å². The molecule has 0 heterocycles. The lowest BCUT2D eigenvalue weighted by atomic mass is 9.96. The van der Waals surface area contributed by atoms with Crippen LogP contribution in [0.3, 0.4) is 0 Å². The molecule has 1 saturated carbocycles. The smallest absolute Gasteiger partial charge is 0.315 e. The van der Waals surface area contributed by atoms with Crippen LogP contribution in [0, 0.1) is 0 Å². The van der Waals surface area contributed by atoms with Gasteiger partial charge in [-0.05, 0) is 37.5 Å². The molecule has 25 heavy (non-hydrogen) atoms. The summed E-state index contributed by atoms with van der Waals surface area (Å²) in [5.74, 6) is 0.448. The number of anilines is 1. The van der Waals surface area contributed by atoms with Crippen LogP contribution in [0.5, 0.6) is 5.75 Å². The van der Waals surface area contributed by atoms with Crippen LogP contribution < -0.4 is 20.7 Å². The number of rotatable bonds is 7. The summed E-state index contributed by atoms with van der Waals surface area (Å²) in [4.78, 5) is 23.7. The summed E-state index contributed by atoms with van der Waals surface area (Å²) in [6.45, 7) is 0.468. The molecule has 0 spiro atoms. The Morgan fingerprint density at radius 3 is 2.68 bits per heavy atom. The second-order valence-electron chi connectivity index (χ2n) is 6.24. The van der Waals surface area contributed by atoms with Gasteiger partial charge in [0.05, 0.1) is 12.1 Å². The van der Waals surface area contributed by atoms with Gasteiger partial charge in [-0.2, -0.15) is 0 Å². The number of hydrogen-bond donors (Lipinski definition) is 3. The lowest BCUT2D eigenvalue weighted by Crippen LogP contribution is -2.43. The lowest BCUT2D eigenvalue weighted by Gasteiger charge is -2.22. The van der Waals surface area contributed by atoms with Crippen LogP contribution in [0.15, 0.2) is 18.2 Å². The van der Waals surface area contributed by atoms with Crippen molar-refractivity contribution in [3.63, 3.8) is 0 Å². The molecule has 0 bridgehead atoms. The number of halogens is 1. The van der Waals surface area contributed by atoms with Gasteiger partial charge in [-0.15, -0.1) is 0 Å². The first kappa shape index (κ1) is 19.4. The van der Waals surface area contributed by atoms with Gasteiger partial charge in [0.2, 0.25) is 5.91 Å². The Morgan fingerprint density at radius 1 is 1.24 bits per heavy atom. The summed E-state index contributed by atoms with van der Waals surface area (Å²) in [6, 6.07) is 5.23. The summed E-state index contributed by atoms with van der Waals surface area (Å²) < 4.78 is 5.07. The Bertz CT molecular complexity index is 589. The maximum absolute atomic E-state index is 11.9. The molecule has 1 fully saturated rings. The molecule has 3 amide bonds. The SMILES string of the molecule is COc1ccc(NC(=O)CCCNC(=O)NC2CCCCC2)cc1Cl. The van der Waals surface area contributed by atoms with E-state index in [1.54, 1.807) is 18.2 Å². The van der Waals surface area contributed by atoms with Crippen molar-refractivity contribution in [1.29, 1.82) is 0 Å². The van der Waals surface area contributed by atoms with Gasteiger partial charge in [-0.25, -0.2) is 4.79 Å². The molecule has 7 heteroatoms. The molecule has 0 saturated heterocycles. The topological polar surface area (TPSA) is 79.5 Å². The molecule has 3 N–H and O–H groups in total. The highest BCUT2D eigenvalue weighted by Crippen LogP contribution is 2.27. The standard InChI is InChI=1S/C18H26ClN3O3/c1-25-16-10-9-14(12-15(16)19)21-17(23)8-5-11-20-18(24)22-13-6-3-2-4-7-13/h9-10,12-13H,2-8,11H2,1H3,(H,21,23)(H2,20,22,24). The predicted octanol–water partition coefficient (Wildman–Crippen LogP) is 3.70. The molecular weight excluding hydrogens is 342 g/mol. The minimum absolute atomic E-state index is 0.115. The number of nitrogens with one attached hydrogen (secondary N) is 3. The Hall–Kier alpha value is -1.95. The van der Waals surface area contributed by atoms with E-state index in [0.29, 0.717) is 35.8 Å². The van der Waals surface area contributed by atoms with Crippen molar-refractivity contribution < 1.29 is 14.3 Å². The second kappa shape index (κ2) is 10.1. The second-order valence-corrected chi connectivity index (χ2v) is 6.64. The third-order valence-corrected chi connectivity index (χ3v) is 4.54. The van der Waals surface area contributed by atoms with E-state index < -0.39 is 0 Å². The fourth-order valence-electron chi connectivity index (χ4n) is 2.90. The van der Waals surface area contributed by atoms with Crippen LogP contribution in [0.4, 0.5) is 10.5 Å². The van der Waals surface area contributed by atoms with Gasteiger partial charge in [0, 0.05) is 24.7 Å². The number of carbonyl (C=O) groups is 2. The number of methoxy groups -OCH3 is 1. The molecule has 0 unspecified atom stereocenters. The number of carbonyl (C=O) groups excluding carboxylic acids is 2. The molecule has 0 atom stereocenters. The molecule has 1 aromatic rings. The van der Waals surface area contributed by atoms with E-state index in [1.165, 1.54) is 26.4 Å². The number of urea groups is 1. The van der Waals surface area contributed by atoms with Gasteiger partial charge in [0.15, 0.2) is 0 Å². The molecule has 1 aliphatic rings. The van der Waals surface area contributed by atoms with Crippen molar-refractivity contribution in [3.8, 4) is 5.75 Å². The first-order chi connectivity index (χ1) is 12.1. The Morgan fingerprint density at radius 2 is 2.00 bits per heavy atom. The Balaban J connectivity index is 1.61. The van der Waals surface area contributed by atoms with Crippen molar-refractivity contribution in [1.82, 2.24) is 10.6 Å². The molecule has 138 valence electrons. The summed E-state index contributed by atoms with van der Waals surface area (Å²) in [5.41, 5.74) is 0.624. The first-order valence-corrected chi connectivity index (χ1v) is 9.14. The van der Waals surface area contributed by atoms with Gasteiger partial charge in [0.25, 0.3) is 0 Å². The summed E-state index contributed by atoms with van der Waals surface area (Å²) >= 11 is 6.02. The number of benzene rings is 1. The highest BCUT2D eigenvalue weighted by atomic mass is 35.5. The molecule has 0 radical (unpaired) electrons. The van der Waals surface area contributed by atoms with Crippen LogP contribution in [0.2, 0.25) is 5.02 Å². The molecular formula is C18H26ClN3O3. The predicted molar refractivity (Wildman–Crippen MR) is 99.3 cm³/mol. The molecule has 2 rings (SSSR count). The largest absolute Gasteiger partial charge is 0.495 e. The average Bonchev–Trinajstić information content (AvgIpc) is 2.60. The molecule has 1 aliphatic carbocycles. The van der Waals surface area contributed by atoms with Gasteiger partial charge in [0.1, 0.15) is 5.75 Å². The van der Waals surface area contributed by atoms with Crippen LogP contribution in [0.1, 0.15) is 44.9 Å². The fraction of sp³-hybridized carbons (Fsp3) is 0.556. The van der Waals surface area contributed by atoms with Gasteiger partial charge in [-0.3, -0.25) is 4.79 Å². The van der Waals surface area contributed by atoms with E-state index in [9.17, 15) is 9.59 Å². The monoisotopic (exact) mass is 367 g/mol. The van der Waals surface area contributed by atoms with Crippen LogP contribution in [-0.4, -0.2) is 31.6 Å². The maximum atomic E-state index is 11.9. The third kappa shape index (κ3) is 6.82. The number of amides is 3. The van der Waals surface area contributed by atoms with Crippen molar-refractivity contribution in [2.24, 2.45) is 0 Å². The van der Waals surface area contributed by atoms with E-state index in [2.05, 4.69) is 16.0 Å². The van der Waals surface area contributed by atoms with Crippen molar-refractivity contribution >= 4 is 29.2 Å². The third-order valence-electron chi connectivity index (χ3n) is 4.24. The average molecular weight is 368 g/mol. The van der Waals surface area contributed by atoms with Crippen molar-refractivity contribution in [3.05, 3.63) is 23.2 Å². The minimum atomic E-state index is -0.144. The molecule has 6 nitrogen and oxygen atoms in total. The highest BCUT2D eigenvalue weighted by molar-refractivity contribution is 6.32. The van der Waals surface area contributed by atoms with Crippen LogP contribution in [-0.2, 0) is 4.79 Å². The summed E-state index contributed by atoms with van der Waals surface area (Å²) in [5, 5.41) is 9.02. The van der Waals surface area contributed by atoms with E-state index in [1.807, 2.05) is 0 Å². The summed E-state index contributed by atoms with van der Waals surface area (Å²) in [6.07, 6.45) is 6.64. The van der Waals surface area contributed by atoms with Gasteiger partial charge in [-0.1, -0.05) is 30.9 Å². The number of hydrogen-bond acceptors (Lipinski definition) is 3. The number of ether oxygens (including phenoxy) is 1. The normalized spacial score (nSPS) is 14.6. The molecule has 0 aromatic heterocycles. The molecule has 0 aliphatic heterocycles. The first-order valence-electron chi connectivity index (χ1n) is 8.76. The van der Waals surface area contributed by atoms with Gasteiger partial charge < -0.3 is 20.7 Å². The zero-order valence-corrected chi connectivity index (χ0v) is 15.3. The Kier molecular flexibility index (Phi) is 7.85. The zero-order valence-electron chi connectivity index (χ0n) is 14.6. The van der Waals surface area contributed by atoms with Crippen LogP contribution >= 0.6 is 11.6 Å². The lowest BCUT2D eigenvalue weighted by molar-refractivity contribution is -0.116. The quantitative estimate of drug-likeness (QED) is 0.643. The maximum Gasteiger partial charge on any atom is 0.315 e. The zero-order chi connectivity index (χ0) is 18.1. The Labute approximate surface area is 153 Å². The summed E-state index contributed by atoms with van der Waals surface area (Å²) in [7, 11) is 1.54.